The first-order valence-electron chi connectivity index (χ1n) is 6.16. The Morgan fingerprint density at radius 3 is 2.95 bits per heavy atom. The molecule has 0 aliphatic heterocycles. The zero-order chi connectivity index (χ0) is 14.2. The third-order valence-corrected chi connectivity index (χ3v) is 4.84. The van der Waals surface area contributed by atoms with Crippen molar-refractivity contribution in [2.75, 3.05) is 5.32 Å². The summed E-state index contributed by atoms with van der Waals surface area (Å²) in [4.78, 5) is 25.8. The van der Waals surface area contributed by atoms with Crippen molar-refractivity contribution in [3.8, 4) is 0 Å². The van der Waals surface area contributed by atoms with E-state index in [0.29, 0.717) is 10.8 Å². The molecule has 0 bridgehead atoms. The van der Waals surface area contributed by atoms with Gasteiger partial charge in [0.2, 0.25) is 0 Å². The second kappa shape index (κ2) is 4.87. The predicted molar refractivity (Wildman–Crippen MR) is 85.0 cm³/mol. The van der Waals surface area contributed by atoms with Crippen LogP contribution in [-0.2, 0) is 0 Å². The minimum absolute atomic E-state index is 0.248. The molecule has 1 N–H and O–H groups in total. The summed E-state index contributed by atoms with van der Waals surface area (Å²) in [6.07, 6.45) is 1.45. The Hall–Kier alpha value is -2.38. The van der Waals surface area contributed by atoms with Crippen molar-refractivity contribution in [1.29, 1.82) is 0 Å². The fourth-order valence-electron chi connectivity index (χ4n) is 2.02. The second-order valence-electron chi connectivity index (χ2n) is 4.30. The van der Waals surface area contributed by atoms with Gasteiger partial charge >= 0.3 is 0 Å². The zero-order valence-electron chi connectivity index (χ0n) is 10.6. The number of benzene rings is 1. The summed E-state index contributed by atoms with van der Waals surface area (Å²) in [6, 6.07) is 9.58. The fourth-order valence-corrected chi connectivity index (χ4v) is 3.61. The van der Waals surface area contributed by atoms with Crippen LogP contribution in [-0.4, -0.2) is 20.9 Å². The quantitative estimate of drug-likeness (QED) is 0.614. The van der Waals surface area contributed by atoms with Crippen LogP contribution in [0.1, 0.15) is 9.80 Å². The molecule has 0 aliphatic rings. The van der Waals surface area contributed by atoms with E-state index >= 15 is 0 Å². The van der Waals surface area contributed by atoms with Gasteiger partial charge in [0.15, 0.2) is 5.01 Å². The number of nitrogens with zero attached hydrogens (tertiary/aromatic N) is 3. The van der Waals surface area contributed by atoms with Crippen LogP contribution in [0.4, 0.5) is 5.82 Å². The van der Waals surface area contributed by atoms with E-state index in [4.69, 9.17) is 0 Å². The molecule has 0 radical (unpaired) electrons. The van der Waals surface area contributed by atoms with Crippen molar-refractivity contribution in [2.24, 2.45) is 0 Å². The average Bonchev–Trinajstić information content (AvgIpc) is 3.14. The Balaban J connectivity index is 1.70. The van der Waals surface area contributed by atoms with Gasteiger partial charge in [-0.15, -0.1) is 22.7 Å². The van der Waals surface area contributed by atoms with E-state index in [9.17, 15) is 4.79 Å². The number of rotatable bonds is 2. The number of hydrogen-bond acceptors (Lipinski definition) is 6. The van der Waals surface area contributed by atoms with E-state index in [-0.39, 0.29) is 5.91 Å². The van der Waals surface area contributed by atoms with Gasteiger partial charge in [0, 0.05) is 0 Å². The SMILES string of the molecule is O=C(Nc1ncnc2sccc12)c1nc2ccccc2s1. The maximum Gasteiger partial charge on any atom is 0.285 e. The molecule has 5 nitrogen and oxygen atoms in total. The highest BCUT2D eigenvalue weighted by Gasteiger charge is 2.14. The Bertz CT molecular complexity index is 927. The summed E-state index contributed by atoms with van der Waals surface area (Å²) in [5.74, 6) is 0.271. The average molecular weight is 312 g/mol. The first kappa shape index (κ1) is 12.4. The highest BCUT2D eigenvalue weighted by molar-refractivity contribution is 7.20. The van der Waals surface area contributed by atoms with Crippen molar-refractivity contribution in [2.45, 2.75) is 0 Å². The Kier molecular flexibility index (Phi) is 2.87. The van der Waals surface area contributed by atoms with E-state index in [0.717, 1.165) is 20.4 Å². The molecule has 0 saturated carbocycles. The Morgan fingerprint density at radius 1 is 1.14 bits per heavy atom. The molecular formula is C14H8N4OS2. The van der Waals surface area contributed by atoms with Gasteiger partial charge in [-0.3, -0.25) is 4.79 Å². The number of hydrogen-bond donors (Lipinski definition) is 1. The number of para-hydroxylation sites is 1. The van der Waals surface area contributed by atoms with Crippen molar-refractivity contribution < 1.29 is 4.79 Å². The minimum Gasteiger partial charge on any atom is -0.304 e. The van der Waals surface area contributed by atoms with E-state index in [2.05, 4.69) is 20.3 Å². The lowest BCUT2D eigenvalue weighted by atomic mass is 10.3. The molecule has 1 amide bonds. The lowest BCUT2D eigenvalue weighted by molar-refractivity contribution is 0.102. The van der Waals surface area contributed by atoms with Crippen LogP contribution in [0.15, 0.2) is 42.0 Å². The molecule has 4 aromatic rings. The van der Waals surface area contributed by atoms with Crippen molar-refractivity contribution in [3.05, 3.63) is 47.0 Å². The largest absolute Gasteiger partial charge is 0.304 e. The Labute approximate surface area is 127 Å². The predicted octanol–water partition coefficient (Wildman–Crippen LogP) is 3.55. The van der Waals surface area contributed by atoms with Gasteiger partial charge in [-0.2, -0.15) is 0 Å². The maximum atomic E-state index is 12.3. The molecule has 0 atom stereocenters. The number of carbonyl (C=O) groups is 1. The normalized spacial score (nSPS) is 11.0. The van der Waals surface area contributed by atoms with Gasteiger partial charge in [0.05, 0.1) is 15.6 Å². The highest BCUT2D eigenvalue weighted by atomic mass is 32.1. The third kappa shape index (κ3) is 2.16. The van der Waals surface area contributed by atoms with Gasteiger partial charge in [0.25, 0.3) is 5.91 Å². The second-order valence-corrected chi connectivity index (χ2v) is 6.23. The van der Waals surface area contributed by atoms with Gasteiger partial charge in [-0.05, 0) is 23.6 Å². The van der Waals surface area contributed by atoms with E-state index < -0.39 is 0 Å². The van der Waals surface area contributed by atoms with Crippen LogP contribution >= 0.6 is 22.7 Å². The first-order valence-corrected chi connectivity index (χ1v) is 7.86. The molecule has 3 heterocycles. The van der Waals surface area contributed by atoms with Gasteiger partial charge in [0.1, 0.15) is 17.0 Å². The summed E-state index contributed by atoms with van der Waals surface area (Å²) < 4.78 is 0.992. The molecular weight excluding hydrogens is 304 g/mol. The highest BCUT2D eigenvalue weighted by Crippen LogP contribution is 2.26. The van der Waals surface area contributed by atoms with Gasteiger partial charge in [-0.25, -0.2) is 15.0 Å². The Morgan fingerprint density at radius 2 is 2.05 bits per heavy atom. The van der Waals surface area contributed by atoms with Gasteiger partial charge in [-0.1, -0.05) is 12.1 Å². The number of anilines is 1. The summed E-state index contributed by atoms with van der Waals surface area (Å²) in [7, 11) is 0. The number of aromatic nitrogens is 3. The molecule has 1 aromatic carbocycles. The number of thiazole rings is 1. The molecule has 0 saturated heterocycles. The van der Waals surface area contributed by atoms with E-state index in [1.807, 2.05) is 35.7 Å². The molecule has 3 aromatic heterocycles. The van der Waals surface area contributed by atoms with Gasteiger partial charge < -0.3 is 5.32 Å². The standard InChI is InChI=1S/C14H8N4OS2/c19-12(14-17-9-3-1-2-4-10(9)21-14)18-11-8-5-6-20-13(8)16-7-15-11/h1-7H,(H,15,16,18,19). The molecule has 0 unspecified atom stereocenters. The summed E-state index contributed by atoms with van der Waals surface area (Å²) >= 11 is 2.88. The monoisotopic (exact) mass is 312 g/mol. The molecule has 0 aliphatic carbocycles. The van der Waals surface area contributed by atoms with Crippen LogP contribution in [0.2, 0.25) is 0 Å². The lowest BCUT2D eigenvalue weighted by Crippen LogP contribution is -2.12. The molecule has 0 fully saturated rings. The zero-order valence-corrected chi connectivity index (χ0v) is 12.2. The van der Waals surface area contributed by atoms with Crippen LogP contribution < -0.4 is 5.32 Å². The fraction of sp³-hybridized carbons (Fsp3) is 0. The van der Waals surface area contributed by atoms with Crippen LogP contribution in [0.5, 0.6) is 0 Å². The summed E-state index contributed by atoms with van der Waals surface area (Å²) in [6.45, 7) is 0. The van der Waals surface area contributed by atoms with Crippen molar-refractivity contribution in [3.63, 3.8) is 0 Å². The van der Waals surface area contributed by atoms with Crippen LogP contribution in [0, 0.1) is 0 Å². The van der Waals surface area contributed by atoms with E-state index in [1.54, 1.807) is 0 Å². The molecule has 7 heteroatoms. The molecule has 21 heavy (non-hydrogen) atoms. The van der Waals surface area contributed by atoms with Crippen molar-refractivity contribution >= 4 is 54.8 Å². The van der Waals surface area contributed by atoms with Crippen molar-refractivity contribution in [1.82, 2.24) is 15.0 Å². The maximum absolute atomic E-state index is 12.3. The summed E-state index contributed by atoms with van der Waals surface area (Å²) in [5.41, 5.74) is 0.830. The molecule has 0 spiro atoms. The third-order valence-electron chi connectivity index (χ3n) is 2.98. The topological polar surface area (TPSA) is 67.8 Å². The number of fused-ring (bicyclic) bond motifs is 2. The number of carbonyl (C=O) groups excluding carboxylic acids is 1. The molecule has 102 valence electrons. The smallest absolute Gasteiger partial charge is 0.285 e. The summed E-state index contributed by atoms with van der Waals surface area (Å²) in [5, 5.41) is 6.01. The first-order chi connectivity index (χ1) is 10.3. The van der Waals surface area contributed by atoms with Crippen LogP contribution in [0.25, 0.3) is 20.4 Å². The number of thiophene rings is 1. The minimum atomic E-state index is -0.248. The number of nitrogens with one attached hydrogen (secondary N) is 1. The molecule has 4 rings (SSSR count). The lowest BCUT2D eigenvalue weighted by Gasteiger charge is -2.02. The number of amides is 1. The van der Waals surface area contributed by atoms with E-state index in [1.165, 1.54) is 29.0 Å². The van der Waals surface area contributed by atoms with Crippen LogP contribution in [0.3, 0.4) is 0 Å².